The lowest BCUT2D eigenvalue weighted by atomic mass is 9.70. The minimum Gasteiger partial charge on any atom is -0.465 e. The molecule has 0 radical (unpaired) electrons. The summed E-state index contributed by atoms with van der Waals surface area (Å²) in [5.74, 6) is 4.02. The predicted octanol–water partition coefficient (Wildman–Crippen LogP) is 4.15. The van der Waals surface area contributed by atoms with Gasteiger partial charge in [0, 0.05) is 11.3 Å². The molecule has 6 nitrogen and oxygen atoms in total. The molecule has 11 atom stereocenters. The first-order valence-electron chi connectivity index (χ1n) is 13.4. The molecule has 0 aromatic carbocycles. The van der Waals surface area contributed by atoms with Gasteiger partial charge in [-0.05, 0) is 80.0 Å². The van der Waals surface area contributed by atoms with Crippen LogP contribution in [0.15, 0.2) is 0 Å². The fraction of sp³-hybridized carbons (Fsp3) is 0.889. The number of carbonyl (C=O) groups is 3. The summed E-state index contributed by atoms with van der Waals surface area (Å²) in [6, 6.07) is 0. The maximum Gasteiger partial charge on any atom is 0.344 e. The normalized spacial score (nSPS) is 49.0. The van der Waals surface area contributed by atoms with Gasteiger partial charge >= 0.3 is 17.9 Å². The highest BCUT2D eigenvalue weighted by Gasteiger charge is 2.62. The number of cyclic esters (lactones) is 1. The van der Waals surface area contributed by atoms with E-state index in [1.165, 1.54) is 25.7 Å². The zero-order valence-corrected chi connectivity index (χ0v) is 20.0. The average Bonchev–Trinajstić information content (AvgIpc) is 3.61. The third kappa shape index (κ3) is 3.36. The lowest BCUT2D eigenvalue weighted by Gasteiger charge is -2.36. The molecule has 6 rings (SSSR count). The van der Waals surface area contributed by atoms with E-state index in [9.17, 15) is 14.4 Å². The summed E-state index contributed by atoms with van der Waals surface area (Å²) in [5.41, 5.74) is -0.144. The van der Waals surface area contributed by atoms with Crippen LogP contribution in [-0.2, 0) is 28.6 Å². The molecule has 0 aromatic heterocycles. The molecule has 0 N–H and O–H groups in total. The van der Waals surface area contributed by atoms with Crippen molar-refractivity contribution in [3.63, 3.8) is 0 Å². The van der Waals surface area contributed by atoms with Crippen LogP contribution in [0.2, 0.25) is 0 Å². The molecule has 6 fully saturated rings. The molecule has 33 heavy (non-hydrogen) atoms. The molecule has 5 saturated carbocycles. The van der Waals surface area contributed by atoms with Gasteiger partial charge in [0.05, 0.1) is 18.9 Å². The zero-order valence-electron chi connectivity index (χ0n) is 20.0. The Hall–Kier alpha value is -1.59. The molecule has 11 unspecified atom stereocenters. The molecule has 1 heterocycles. The largest absolute Gasteiger partial charge is 0.465 e. The van der Waals surface area contributed by atoms with Crippen LogP contribution in [0.1, 0.15) is 71.6 Å². The summed E-state index contributed by atoms with van der Waals surface area (Å²) in [7, 11) is 0. The van der Waals surface area contributed by atoms with E-state index < -0.39 is 5.97 Å². The van der Waals surface area contributed by atoms with Crippen molar-refractivity contribution in [1.82, 2.24) is 0 Å². The number of carbonyl (C=O) groups excluding carboxylic acids is 3. The highest BCUT2D eigenvalue weighted by Crippen LogP contribution is 2.66. The Labute approximate surface area is 196 Å². The summed E-state index contributed by atoms with van der Waals surface area (Å²) in [5, 5.41) is 0. The topological polar surface area (TPSA) is 78.9 Å². The van der Waals surface area contributed by atoms with Crippen molar-refractivity contribution < 1.29 is 28.6 Å². The first-order chi connectivity index (χ1) is 15.9. The first kappa shape index (κ1) is 21.9. The fourth-order valence-electron chi connectivity index (χ4n) is 9.86. The van der Waals surface area contributed by atoms with Gasteiger partial charge in [0.15, 0.2) is 6.61 Å². The summed E-state index contributed by atoms with van der Waals surface area (Å²) in [6.45, 7) is 4.78. The van der Waals surface area contributed by atoms with Crippen LogP contribution in [-0.4, -0.2) is 37.2 Å². The highest BCUT2D eigenvalue weighted by atomic mass is 16.6. The Kier molecular flexibility index (Phi) is 5.30. The van der Waals surface area contributed by atoms with Gasteiger partial charge in [-0.3, -0.25) is 9.59 Å². The van der Waals surface area contributed by atoms with E-state index >= 15 is 0 Å². The van der Waals surface area contributed by atoms with Crippen molar-refractivity contribution in [3.8, 4) is 0 Å². The third-order valence-corrected chi connectivity index (χ3v) is 10.9. The van der Waals surface area contributed by atoms with E-state index in [1.54, 1.807) is 0 Å². The molecule has 1 aliphatic heterocycles. The van der Waals surface area contributed by atoms with Crippen LogP contribution in [0, 0.1) is 58.7 Å². The van der Waals surface area contributed by atoms with Gasteiger partial charge < -0.3 is 14.2 Å². The summed E-state index contributed by atoms with van der Waals surface area (Å²) in [6.07, 6.45) is 9.01. The first-order valence-corrected chi connectivity index (χ1v) is 13.4. The van der Waals surface area contributed by atoms with E-state index in [1.807, 2.05) is 0 Å². The van der Waals surface area contributed by atoms with E-state index in [-0.39, 0.29) is 41.9 Å². The van der Waals surface area contributed by atoms with Gasteiger partial charge in [-0.1, -0.05) is 26.7 Å². The van der Waals surface area contributed by atoms with Gasteiger partial charge in [0.1, 0.15) is 6.10 Å². The van der Waals surface area contributed by atoms with E-state index in [0.29, 0.717) is 36.7 Å². The lowest BCUT2D eigenvalue weighted by Crippen LogP contribution is -2.39. The summed E-state index contributed by atoms with van der Waals surface area (Å²) < 4.78 is 16.6. The standard InChI is InChI=1S/C27H38O6/c1-3-15-7-16(4-2)25-18-8-17(24(15)25)9-19(18)26(30)31-12-23(29)33-21-6-14-5-20(21)27(10-14)11-22(28)32-13-27/h14-21,24-25H,3-13H2,1-2H3. The second kappa shape index (κ2) is 7.98. The zero-order chi connectivity index (χ0) is 22.9. The van der Waals surface area contributed by atoms with Crippen LogP contribution >= 0.6 is 0 Å². The van der Waals surface area contributed by atoms with Crippen molar-refractivity contribution >= 4 is 17.9 Å². The van der Waals surface area contributed by atoms with Crippen molar-refractivity contribution in [2.45, 2.75) is 77.7 Å². The number of hydrogen-bond acceptors (Lipinski definition) is 6. The summed E-state index contributed by atoms with van der Waals surface area (Å²) in [4.78, 5) is 37.3. The Bertz CT molecular complexity index is 838. The number of hydrogen-bond donors (Lipinski definition) is 0. The third-order valence-electron chi connectivity index (χ3n) is 10.9. The monoisotopic (exact) mass is 458 g/mol. The Balaban J connectivity index is 1.03. The Morgan fingerprint density at radius 2 is 1.82 bits per heavy atom. The Morgan fingerprint density at radius 1 is 1.03 bits per heavy atom. The van der Waals surface area contributed by atoms with Gasteiger partial charge in [0.25, 0.3) is 0 Å². The molecular formula is C27H38O6. The molecule has 0 amide bonds. The van der Waals surface area contributed by atoms with Crippen LogP contribution < -0.4 is 0 Å². The van der Waals surface area contributed by atoms with Crippen LogP contribution in [0.3, 0.4) is 0 Å². The molecule has 1 saturated heterocycles. The smallest absolute Gasteiger partial charge is 0.344 e. The SMILES string of the molecule is CCC1CC(CC)C2C3CC(CC3C(=O)OCC(=O)OC3CC4CC3C3(COC(=O)C3)C4)C12. The molecular weight excluding hydrogens is 420 g/mol. The lowest BCUT2D eigenvalue weighted by molar-refractivity contribution is -0.169. The number of fused-ring (bicyclic) bond motifs is 8. The predicted molar refractivity (Wildman–Crippen MR) is 119 cm³/mol. The van der Waals surface area contributed by atoms with Gasteiger partial charge in [-0.2, -0.15) is 0 Å². The van der Waals surface area contributed by atoms with Gasteiger partial charge in [-0.15, -0.1) is 0 Å². The minimum atomic E-state index is -0.444. The quantitative estimate of drug-likeness (QED) is 0.440. The van der Waals surface area contributed by atoms with Crippen molar-refractivity contribution in [2.24, 2.45) is 58.7 Å². The Morgan fingerprint density at radius 3 is 2.52 bits per heavy atom. The highest BCUT2D eigenvalue weighted by molar-refractivity contribution is 5.78. The minimum absolute atomic E-state index is 0.0406. The second-order valence-corrected chi connectivity index (χ2v) is 12.2. The van der Waals surface area contributed by atoms with Crippen LogP contribution in [0.4, 0.5) is 0 Å². The molecule has 182 valence electrons. The summed E-state index contributed by atoms with van der Waals surface area (Å²) >= 11 is 0. The molecule has 0 aromatic rings. The fourth-order valence-corrected chi connectivity index (χ4v) is 9.86. The van der Waals surface area contributed by atoms with Crippen molar-refractivity contribution in [2.75, 3.05) is 13.2 Å². The second-order valence-electron chi connectivity index (χ2n) is 12.2. The van der Waals surface area contributed by atoms with Crippen molar-refractivity contribution in [1.29, 1.82) is 0 Å². The maximum atomic E-state index is 13.0. The molecule has 6 heteroatoms. The number of esters is 3. The average molecular weight is 459 g/mol. The van der Waals surface area contributed by atoms with E-state index in [4.69, 9.17) is 14.2 Å². The van der Waals surface area contributed by atoms with E-state index in [2.05, 4.69) is 13.8 Å². The molecule has 5 aliphatic carbocycles. The van der Waals surface area contributed by atoms with Crippen LogP contribution in [0.25, 0.3) is 0 Å². The van der Waals surface area contributed by atoms with Crippen molar-refractivity contribution in [3.05, 3.63) is 0 Å². The molecule has 6 aliphatic rings. The maximum absolute atomic E-state index is 13.0. The van der Waals surface area contributed by atoms with Gasteiger partial charge in [0.2, 0.25) is 0 Å². The van der Waals surface area contributed by atoms with E-state index in [0.717, 1.165) is 43.4 Å². The number of ether oxygens (including phenoxy) is 3. The number of rotatable bonds is 6. The molecule has 4 bridgehead atoms. The van der Waals surface area contributed by atoms with Crippen LogP contribution in [0.5, 0.6) is 0 Å². The van der Waals surface area contributed by atoms with Gasteiger partial charge in [-0.25, -0.2) is 4.79 Å². The molecule has 1 spiro atoms.